The molecule has 2 aromatic rings. The van der Waals surface area contributed by atoms with Crippen molar-refractivity contribution in [2.75, 3.05) is 10.2 Å². The number of carbonyl (C=O) groups excluding carboxylic acids is 3. The lowest BCUT2D eigenvalue weighted by Crippen LogP contribution is -2.37. The second-order valence-corrected chi connectivity index (χ2v) is 10.8. The van der Waals surface area contributed by atoms with Crippen LogP contribution in [-0.4, -0.2) is 27.4 Å². The van der Waals surface area contributed by atoms with Crippen molar-refractivity contribution in [3.63, 3.8) is 0 Å². The molecule has 2 aliphatic carbocycles. The summed E-state index contributed by atoms with van der Waals surface area (Å²) in [4.78, 5) is 41.6. The number of alkyl halides is 2. The highest BCUT2D eigenvalue weighted by atomic mass is 79.9. The molecule has 1 aliphatic heterocycles. The molecule has 1 N–H and O–H groups in total. The molecule has 6 atom stereocenters. The van der Waals surface area contributed by atoms with E-state index in [1.165, 1.54) is 4.90 Å². The van der Waals surface area contributed by atoms with Crippen LogP contribution in [0.1, 0.15) is 27.9 Å². The van der Waals surface area contributed by atoms with Crippen molar-refractivity contribution in [3.8, 4) is 0 Å². The predicted octanol–water partition coefficient (Wildman–Crippen LogP) is 4.84. The topological polar surface area (TPSA) is 66.5 Å². The van der Waals surface area contributed by atoms with Gasteiger partial charge in [-0.15, -0.1) is 0 Å². The Morgan fingerprint density at radius 3 is 2.19 bits per heavy atom. The van der Waals surface area contributed by atoms with Gasteiger partial charge in [-0.3, -0.25) is 14.4 Å². The molecular formula is C24H22Br2N2O3. The molecule has 31 heavy (non-hydrogen) atoms. The maximum atomic E-state index is 13.4. The van der Waals surface area contributed by atoms with E-state index in [0.29, 0.717) is 11.3 Å². The molecule has 0 radical (unpaired) electrons. The molecule has 5 rings (SSSR count). The minimum Gasteiger partial charge on any atom is -0.322 e. The van der Waals surface area contributed by atoms with Crippen LogP contribution in [0, 0.1) is 37.5 Å². The minimum absolute atomic E-state index is 0.136. The molecule has 0 spiro atoms. The Morgan fingerprint density at radius 1 is 0.935 bits per heavy atom. The number of hydrogen-bond donors (Lipinski definition) is 1. The Balaban J connectivity index is 1.49. The van der Waals surface area contributed by atoms with Gasteiger partial charge in [-0.1, -0.05) is 56.1 Å². The van der Waals surface area contributed by atoms with E-state index in [-0.39, 0.29) is 51.0 Å². The van der Waals surface area contributed by atoms with Crippen LogP contribution in [0.4, 0.5) is 11.4 Å². The monoisotopic (exact) mass is 544 g/mol. The number of hydrogen-bond acceptors (Lipinski definition) is 3. The molecule has 2 bridgehead atoms. The van der Waals surface area contributed by atoms with Gasteiger partial charge in [-0.2, -0.15) is 0 Å². The average molecular weight is 546 g/mol. The first-order valence-corrected chi connectivity index (χ1v) is 12.3. The summed E-state index contributed by atoms with van der Waals surface area (Å²) in [5.74, 6) is -1.05. The molecule has 3 amide bonds. The summed E-state index contributed by atoms with van der Waals surface area (Å²) >= 11 is 7.43. The number of carbonyl (C=O) groups is 3. The Hall–Kier alpha value is -1.99. The lowest BCUT2D eigenvalue weighted by Gasteiger charge is -2.28. The molecular weight excluding hydrogens is 524 g/mol. The number of fused-ring (bicyclic) bond motifs is 5. The summed E-state index contributed by atoms with van der Waals surface area (Å²) in [5.41, 5.74) is 3.47. The molecule has 1 heterocycles. The van der Waals surface area contributed by atoms with Crippen molar-refractivity contribution in [1.29, 1.82) is 0 Å². The fourth-order valence-corrected chi connectivity index (χ4v) is 7.40. The van der Waals surface area contributed by atoms with E-state index in [9.17, 15) is 14.4 Å². The third-order valence-electron chi connectivity index (χ3n) is 7.23. The number of amides is 3. The van der Waals surface area contributed by atoms with Crippen molar-refractivity contribution < 1.29 is 14.4 Å². The molecule has 0 aromatic heterocycles. The van der Waals surface area contributed by atoms with Crippen LogP contribution < -0.4 is 10.2 Å². The number of anilines is 2. The number of imide groups is 1. The number of rotatable bonds is 3. The van der Waals surface area contributed by atoms with Crippen molar-refractivity contribution in [1.82, 2.24) is 0 Å². The maximum absolute atomic E-state index is 13.4. The normalized spacial score (nSPS) is 31.3. The van der Waals surface area contributed by atoms with Crippen LogP contribution in [-0.2, 0) is 9.59 Å². The largest absolute Gasteiger partial charge is 0.322 e. The van der Waals surface area contributed by atoms with E-state index < -0.39 is 0 Å². The standard InChI is InChI=1S/C24H22Br2N2O3/c1-11-6-5-8-16(12(11)2)27-22(29)13-7-3-4-9-17(13)28-23(30)18-14-10-15(19(18)24(28)31)21(26)20(14)25/h3-9,14-15,18-21H,10H2,1-2H3,(H,27,29)/t14-,15-,18-,19+,20+,21+/m1/s1. The fourth-order valence-electron chi connectivity index (χ4n) is 5.52. The number of nitrogens with one attached hydrogen (secondary N) is 1. The van der Waals surface area contributed by atoms with Gasteiger partial charge < -0.3 is 5.32 Å². The lowest BCUT2D eigenvalue weighted by atomic mass is 9.81. The Kier molecular flexibility index (Phi) is 5.09. The second-order valence-electron chi connectivity index (χ2n) is 8.73. The van der Waals surface area contributed by atoms with E-state index in [0.717, 1.165) is 23.2 Å². The number of halogens is 2. The van der Waals surface area contributed by atoms with Gasteiger partial charge in [0.1, 0.15) is 0 Å². The van der Waals surface area contributed by atoms with E-state index >= 15 is 0 Å². The van der Waals surface area contributed by atoms with Gasteiger partial charge in [0, 0.05) is 15.3 Å². The zero-order chi connectivity index (χ0) is 22.0. The van der Waals surface area contributed by atoms with E-state index in [1.807, 2.05) is 32.0 Å². The molecule has 0 unspecified atom stereocenters. The van der Waals surface area contributed by atoms with E-state index in [1.54, 1.807) is 24.3 Å². The van der Waals surface area contributed by atoms with Gasteiger partial charge in [-0.05, 0) is 61.4 Å². The Bertz CT molecular complexity index is 1090. The first-order chi connectivity index (χ1) is 14.8. The van der Waals surface area contributed by atoms with Gasteiger partial charge in [-0.25, -0.2) is 4.90 Å². The quantitative estimate of drug-likeness (QED) is 0.443. The summed E-state index contributed by atoms with van der Waals surface area (Å²) < 4.78 is 0. The van der Waals surface area contributed by atoms with Gasteiger partial charge >= 0.3 is 0 Å². The van der Waals surface area contributed by atoms with Crippen LogP contribution in [0.5, 0.6) is 0 Å². The summed E-state index contributed by atoms with van der Waals surface area (Å²) in [6.07, 6.45) is 0.876. The van der Waals surface area contributed by atoms with Crippen LogP contribution >= 0.6 is 31.9 Å². The summed E-state index contributed by atoms with van der Waals surface area (Å²) in [5, 5.41) is 2.95. The highest BCUT2D eigenvalue weighted by Crippen LogP contribution is 2.60. The highest BCUT2D eigenvalue weighted by molar-refractivity contribution is 9.12. The number of para-hydroxylation sites is 1. The Morgan fingerprint density at radius 2 is 1.55 bits per heavy atom. The van der Waals surface area contributed by atoms with Crippen LogP contribution in [0.15, 0.2) is 42.5 Å². The molecule has 2 aromatic carbocycles. The third kappa shape index (κ3) is 3.04. The highest BCUT2D eigenvalue weighted by Gasteiger charge is 2.66. The molecule has 7 heteroatoms. The van der Waals surface area contributed by atoms with Gasteiger partial charge in [0.2, 0.25) is 11.8 Å². The molecule has 2 saturated carbocycles. The zero-order valence-electron chi connectivity index (χ0n) is 17.1. The fraction of sp³-hybridized carbons (Fsp3) is 0.375. The van der Waals surface area contributed by atoms with Crippen molar-refractivity contribution in [3.05, 3.63) is 59.2 Å². The summed E-state index contributed by atoms with van der Waals surface area (Å²) in [6, 6.07) is 12.6. The van der Waals surface area contributed by atoms with Crippen molar-refractivity contribution in [2.24, 2.45) is 23.7 Å². The van der Waals surface area contributed by atoms with Crippen LogP contribution in [0.2, 0.25) is 0 Å². The molecule has 1 saturated heterocycles. The number of aryl methyl sites for hydroxylation is 1. The maximum Gasteiger partial charge on any atom is 0.257 e. The smallest absolute Gasteiger partial charge is 0.257 e. The van der Waals surface area contributed by atoms with Gasteiger partial charge in [0.25, 0.3) is 5.91 Å². The predicted molar refractivity (Wildman–Crippen MR) is 127 cm³/mol. The minimum atomic E-state index is -0.332. The summed E-state index contributed by atoms with van der Waals surface area (Å²) in [7, 11) is 0. The molecule has 3 aliphatic rings. The van der Waals surface area contributed by atoms with Crippen molar-refractivity contribution >= 4 is 61.0 Å². The van der Waals surface area contributed by atoms with Gasteiger partial charge in [0.05, 0.1) is 23.1 Å². The SMILES string of the molecule is Cc1cccc(NC(=O)c2ccccc2N2C(=O)[C@@H]3[C@H]4C[C@@H]([C@H](Br)[C@H]4Br)[C@@H]3C2=O)c1C. The van der Waals surface area contributed by atoms with E-state index in [4.69, 9.17) is 0 Å². The summed E-state index contributed by atoms with van der Waals surface area (Å²) in [6.45, 7) is 3.94. The first kappa shape index (κ1) is 20.9. The van der Waals surface area contributed by atoms with Gasteiger partial charge in [0.15, 0.2) is 0 Å². The lowest BCUT2D eigenvalue weighted by molar-refractivity contribution is -0.123. The molecule has 3 fully saturated rings. The molecule has 5 nitrogen and oxygen atoms in total. The van der Waals surface area contributed by atoms with Crippen LogP contribution in [0.25, 0.3) is 0 Å². The van der Waals surface area contributed by atoms with E-state index in [2.05, 4.69) is 37.2 Å². The average Bonchev–Trinajstić information content (AvgIpc) is 3.36. The second kappa shape index (κ2) is 7.55. The number of nitrogens with zero attached hydrogens (tertiary/aromatic N) is 1. The van der Waals surface area contributed by atoms with Crippen LogP contribution in [0.3, 0.4) is 0 Å². The third-order valence-corrected chi connectivity index (χ3v) is 10.4. The Labute approximate surface area is 197 Å². The first-order valence-electron chi connectivity index (χ1n) is 10.4. The zero-order valence-corrected chi connectivity index (χ0v) is 20.3. The van der Waals surface area contributed by atoms with Crippen molar-refractivity contribution in [2.45, 2.75) is 29.9 Å². The number of benzene rings is 2. The molecule has 160 valence electrons.